The zero-order valence-corrected chi connectivity index (χ0v) is 23.5. The molecule has 2 aromatic carbocycles. The SMILES string of the molecule is CN1CCN(c2ccc(NC(=O)Nc3ccc(-c4nc5c(c(N6CC7CCC(C6)O7)n4)COCC5)cc3)cc2)CC1. The van der Waals surface area contributed by atoms with Gasteiger partial charge in [-0.2, -0.15) is 0 Å². The van der Waals surface area contributed by atoms with Gasteiger partial charge in [-0.3, -0.25) is 0 Å². The summed E-state index contributed by atoms with van der Waals surface area (Å²) in [7, 11) is 2.15. The summed E-state index contributed by atoms with van der Waals surface area (Å²) in [5.74, 6) is 1.68. The Morgan fingerprint density at radius 1 is 0.854 bits per heavy atom. The van der Waals surface area contributed by atoms with Crippen LogP contribution < -0.4 is 20.4 Å². The van der Waals surface area contributed by atoms with Crippen molar-refractivity contribution in [3.63, 3.8) is 0 Å². The van der Waals surface area contributed by atoms with E-state index in [0.29, 0.717) is 24.7 Å². The normalized spacial score (nSPS) is 22.4. The molecule has 4 aliphatic rings. The standard InChI is InChI=1S/C31H37N7O3/c1-36-13-15-37(16-14-36)24-8-6-23(7-9-24)33-31(39)32-22-4-2-21(3-5-22)29-34-28-12-17-40-20-27(28)30(35-29)38-18-25-10-11-26(19-38)41-25/h2-9,25-26H,10-20H2,1H3,(H2,32,33,39). The van der Waals surface area contributed by atoms with Crippen molar-refractivity contribution in [2.45, 2.75) is 38.1 Å². The zero-order valence-electron chi connectivity index (χ0n) is 23.5. The van der Waals surface area contributed by atoms with Crippen LogP contribution in [-0.4, -0.2) is 86.0 Å². The van der Waals surface area contributed by atoms with Crippen molar-refractivity contribution in [3.05, 3.63) is 59.8 Å². The second kappa shape index (κ2) is 11.3. The highest BCUT2D eigenvalue weighted by Crippen LogP contribution is 2.34. The third-order valence-electron chi connectivity index (χ3n) is 8.54. The second-order valence-electron chi connectivity index (χ2n) is 11.5. The van der Waals surface area contributed by atoms with Crippen LogP contribution in [0.4, 0.5) is 27.7 Å². The Balaban J connectivity index is 1.02. The van der Waals surface area contributed by atoms with Gasteiger partial charge in [0, 0.05) is 73.9 Å². The molecule has 0 aliphatic carbocycles. The first kappa shape index (κ1) is 26.2. The predicted octanol–water partition coefficient (Wildman–Crippen LogP) is 3.98. The Hall–Kier alpha value is -3.73. The molecule has 4 aliphatic heterocycles. The van der Waals surface area contributed by atoms with Crippen LogP contribution in [0.3, 0.4) is 0 Å². The van der Waals surface area contributed by atoms with Crippen molar-refractivity contribution in [2.24, 2.45) is 0 Å². The van der Waals surface area contributed by atoms with Crippen LogP contribution in [-0.2, 0) is 22.5 Å². The summed E-state index contributed by atoms with van der Waals surface area (Å²) >= 11 is 0. The minimum Gasteiger partial charge on any atom is -0.376 e. The molecule has 3 saturated heterocycles. The number of ether oxygens (including phenoxy) is 2. The Bertz CT molecular complexity index is 1380. The highest BCUT2D eigenvalue weighted by atomic mass is 16.5. The summed E-state index contributed by atoms with van der Waals surface area (Å²) < 4.78 is 11.9. The summed E-state index contributed by atoms with van der Waals surface area (Å²) in [6.07, 6.45) is 3.56. The number of nitrogens with one attached hydrogen (secondary N) is 2. The van der Waals surface area contributed by atoms with Crippen LogP contribution in [0.5, 0.6) is 0 Å². The molecule has 2 N–H and O–H groups in total. The van der Waals surface area contributed by atoms with Gasteiger partial charge >= 0.3 is 6.03 Å². The van der Waals surface area contributed by atoms with Crippen molar-refractivity contribution in [2.75, 3.05) is 73.4 Å². The molecule has 0 saturated carbocycles. The van der Waals surface area contributed by atoms with Crippen LogP contribution in [0.15, 0.2) is 48.5 Å². The molecular weight excluding hydrogens is 518 g/mol. The average molecular weight is 556 g/mol. The molecule has 3 fully saturated rings. The molecule has 7 rings (SSSR count). The van der Waals surface area contributed by atoms with E-state index in [2.05, 4.69) is 44.5 Å². The Morgan fingerprint density at radius 2 is 1.51 bits per heavy atom. The average Bonchev–Trinajstić information content (AvgIpc) is 3.34. The summed E-state index contributed by atoms with van der Waals surface area (Å²) in [4.78, 5) is 29.8. The highest BCUT2D eigenvalue weighted by Gasteiger charge is 2.36. The van der Waals surface area contributed by atoms with Crippen molar-refractivity contribution in [1.29, 1.82) is 0 Å². The zero-order chi connectivity index (χ0) is 27.8. The number of nitrogens with zero attached hydrogens (tertiary/aromatic N) is 5. The summed E-state index contributed by atoms with van der Waals surface area (Å²) in [6, 6.07) is 15.5. The van der Waals surface area contributed by atoms with Crippen molar-refractivity contribution < 1.29 is 14.3 Å². The van der Waals surface area contributed by atoms with Crippen LogP contribution in [0.25, 0.3) is 11.4 Å². The molecule has 10 heteroatoms. The molecule has 41 heavy (non-hydrogen) atoms. The maximum absolute atomic E-state index is 12.7. The van der Waals surface area contributed by atoms with E-state index in [1.165, 1.54) is 5.69 Å². The van der Waals surface area contributed by atoms with Crippen LogP contribution in [0.2, 0.25) is 0 Å². The third kappa shape index (κ3) is 5.72. The van der Waals surface area contributed by atoms with Crippen LogP contribution in [0.1, 0.15) is 24.1 Å². The molecule has 0 radical (unpaired) electrons. The van der Waals surface area contributed by atoms with E-state index in [4.69, 9.17) is 19.4 Å². The molecule has 2 amide bonds. The number of carbonyl (C=O) groups is 1. The molecule has 0 spiro atoms. The van der Waals surface area contributed by atoms with Gasteiger partial charge in [0.2, 0.25) is 0 Å². The minimum absolute atomic E-state index is 0.277. The number of likely N-dealkylation sites (N-methyl/N-ethyl adjacent to an activating group) is 1. The number of amides is 2. The van der Waals surface area contributed by atoms with E-state index in [-0.39, 0.29) is 18.2 Å². The number of aromatic nitrogens is 2. The number of urea groups is 1. The lowest BCUT2D eigenvalue weighted by Crippen LogP contribution is -2.44. The van der Waals surface area contributed by atoms with Crippen molar-refractivity contribution in [1.82, 2.24) is 14.9 Å². The third-order valence-corrected chi connectivity index (χ3v) is 8.54. The highest BCUT2D eigenvalue weighted by molar-refractivity contribution is 5.99. The summed E-state index contributed by atoms with van der Waals surface area (Å²) in [5.41, 5.74) is 5.73. The van der Waals surface area contributed by atoms with Gasteiger partial charge < -0.3 is 34.8 Å². The Labute approximate surface area is 240 Å². The summed E-state index contributed by atoms with van der Waals surface area (Å²) in [5, 5.41) is 5.87. The molecule has 5 heterocycles. The second-order valence-corrected chi connectivity index (χ2v) is 11.5. The maximum Gasteiger partial charge on any atom is 0.323 e. The van der Waals surface area contributed by atoms with E-state index < -0.39 is 0 Å². The van der Waals surface area contributed by atoms with E-state index >= 15 is 0 Å². The number of piperazine rings is 1. The molecular formula is C31H37N7O3. The summed E-state index contributed by atoms with van der Waals surface area (Å²) in [6.45, 7) is 7.09. The topological polar surface area (TPSA) is 95.1 Å². The fraction of sp³-hybridized carbons (Fsp3) is 0.452. The van der Waals surface area contributed by atoms with Crippen molar-refractivity contribution >= 4 is 28.9 Å². The van der Waals surface area contributed by atoms with Gasteiger partial charge in [0.15, 0.2) is 5.82 Å². The van der Waals surface area contributed by atoms with Crippen molar-refractivity contribution in [3.8, 4) is 11.4 Å². The Morgan fingerprint density at radius 3 is 2.20 bits per heavy atom. The smallest absolute Gasteiger partial charge is 0.323 e. The minimum atomic E-state index is -0.278. The number of morpholine rings is 1. The lowest BCUT2D eigenvalue weighted by Gasteiger charge is -2.35. The number of fused-ring (bicyclic) bond motifs is 3. The number of anilines is 4. The van der Waals surface area contributed by atoms with E-state index in [0.717, 1.165) is 86.9 Å². The van der Waals surface area contributed by atoms with Gasteiger partial charge in [-0.25, -0.2) is 14.8 Å². The van der Waals surface area contributed by atoms with Gasteiger partial charge in [0.25, 0.3) is 0 Å². The van der Waals surface area contributed by atoms with E-state index in [1.807, 2.05) is 36.4 Å². The van der Waals surface area contributed by atoms with Gasteiger partial charge in [-0.05, 0) is 68.4 Å². The predicted molar refractivity (Wildman–Crippen MR) is 160 cm³/mol. The van der Waals surface area contributed by atoms with Gasteiger partial charge in [-0.15, -0.1) is 0 Å². The number of hydrogen-bond acceptors (Lipinski definition) is 8. The fourth-order valence-electron chi connectivity index (χ4n) is 6.21. The number of hydrogen-bond donors (Lipinski definition) is 2. The number of benzene rings is 2. The van der Waals surface area contributed by atoms with Gasteiger partial charge in [0.05, 0.1) is 31.1 Å². The number of carbonyl (C=O) groups excluding carboxylic acids is 1. The Kier molecular flexibility index (Phi) is 7.20. The van der Waals surface area contributed by atoms with Gasteiger partial charge in [-0.1, -0.05) is 0 Å². The fourth-order valence-corrected chi connectivity index (χ4v) is 6.21. The van der Waals surface area contributed by atoms with E-state index in [9.17, 15) is 4.79 Å². The van der Waals surface area contributed by atoms with Crippen LogP contribution >= 0.6 is 0 Å². The first-order valence-corrected chi connectivity index (χ1v) is 14.7. The monoisotopic (exact) mass is 555 g/mol. The first-order chi connectivity index (χ1) is 20.1. The molecule has 2 bridgehead atoms. The molecule has 214 valence electrons. The molecule has 3 aromatic rings. The number of rotatable bonds is 5. The molecule has 2 atom stereocenters. The quantitative estimate of drug-likeness (QED) is 0.488. The van der Waals surface area contributed by atoms with Gasteiger partial charge in [0.1, 0.15) is 5.82 Å². The first-order valence-electron chi connectivity index (χ1n) is 14.7. The maximum atomic E-state index is 12.7. The lowest BCUT2D eigenvalue weighted by atomic mass is 10.1. The largest absolute Gasteiger partial charge is 0.376 e. The van der Waals surface area contributed by atoms with E-state index in [1.54, 1.807) is 0 Å². The van der Waals surface area contributed by atoms with Crippen LogP contribution in [0, 0.1) is 0 Å². The molecule has 10 nitrogen and oxygen atoms in total. The molecule has 1 aromatic heterocycles. The molecule has 2 unspecified atom stereocenters. The lowest BCUT2D eigenvalue weighted by molar-refractivity contribution is 0.0298.